The van der Waals surface area contributed by atoms with Crippen molar-refractivity contribution < 1.29 is 13.9 Å². The molecule has 1 aliphatic heterocycles. The van der Waals surface area contributed by atoms with E-state index >= 15 is 0 Å². The molecule has 1 aliphatic rings. The van der Waals surface area contributed by atoms with Crippen LogP contribution in [0.5, 0.6) is 0 Å². The number of hydrogen-bond acceptors (Lipinski definition) is 3. The number of rotatable bonds is 2. The summed E-state index contributed by atoms with van der Waals surface area (Å²) < 4.78 is 20.5. The first-order chi connectivity index (χ1) is 9.65. The first-order valence-corrected chi connectivity index (χ1v) is 6.08. The lowest BCUT2D eigenvalue weighted by Gasteiger charge is -2.14. The van der Waals surface area contributed by atoms with E-state index in [4.69, 9.17) is 4.74 Å². The molecule has 0 bridgehead atoms. The smallest absolute Gasteiger partial charge is 0.414 e. The van der Waals surface area contributed by atoms with Crippen molar-refractivity contribution in [1.29, 1.82) is 0 Å². The molecule has 1 saturated heterocycles. The second-order valence-corrected chi connectivity index (χ2v) is 4.34. The molecule has 0 atom stereocenters. The minimum absolute atomic E-state index is 0.141. The van der Waals surface area contributed by atoms with Gasteiger partial charge in [-0.15, -0.1) is 0 Å². The van der Waals surface area contributed by atoms with E-state index in [1.54, 1.807) is 12.1 Å². The number of carbonyl (C=O) groups excluding carboxylic acids is 1. The Morgan fingerprint density at radius 1 is 1.10 bits per heavy atom. The molecule has 20 heavy (non-hydrogen) atoms. The second kappa shape index (κ2) is 4.80. The van der Waals surface area contributed by atoms with Crippen molar-refractivity contribution >= 4 is 11.8 Å². The van der Waals surface area contributed by atoms with Gasteiger partial charge in [-0.2, -0.15) is 0 Å². The highest BCUT2D eigenvalue weighted by molar-refractivity contribution is 5.89. The Morgan fingerprint density at radius 3 is 2.45 bits per heavy atom. The number of halogens is 1. The highest BCUT2D eigenvalue weighted by Crippen LogP contribution is 2.23. The lowest BCUT2D eigenvalue weighted by molar-refractivity contribution is 0.181. The summed E-state index contributed by atoms with van der Waals surface area (Å²) in [7, 11) is 0. The van der Waals surface area contributed by atoms with Crippen LogP contribution < -0.4 is 10.3 Å². The van der Waals surface area contributed by atoms with E-state index in [9.17, 15) is 14.0 Å². The maximum absolute atomic E-state index is 14.1. The zero-order valence-corrected chi connectivity index (χ0v) is 10.5. The van der Waals surface area contributed by atoms with Crippen LogP contribution in [0, 0.1) is 5.82 Å². The Kier molecular flexibility index (Phi) is 2.98. The monoisotopic (exact) mass is 274 g/mol. The molecule has 1 fully saturated rings. The predicted molar refractivity (Wildman–Crippen MR) is 70.7 cm³/mol. The van der Waals surface area contributed by atoms with Crippen molar-refractivity contribution in [3.63, 3.8) is 0 Å². The normalized spacial score (nSPS) is 14.4. The molecular weight excluding hydrogens is 263 g/mol. The van der Waals surface area contributed by atoms with E-state index < -0.39 is 11.9 Å². The van der Waals surface area contributed by atoms with Gasteiger partial charge in [0, 0.05) is 24.5 Å². The SMILES string of the molecule is O=C1OCCN1c1ccc(-n2ccc(=O)cc2)c(F)c1. The van der Waals surface area contributed by atoms with Gasteiger partial charge in [0.1, 0.15) is 12.4 Å². The van der Waals surface area contributed by atoms with Gasteiger partial charge < -0.3 is 9.30 Å². The summed E-state index contributed by atoms with van der Waals surface area (Å²) in [5.74, 6) is -0.481. The van der Waals surface area contributed by atoms with Crippen molar-refractivity contribution in [1.82, 2.24) is 4.57 Å². The number of benzene rings is 1. The first kappa shape index (κ1) is 12.4. The molecule has 2 heterocycles. The summed E-state index contributed by atoms with van der Waals surface area (Å²) in [5.41, 5.74) is 0.620. The fourth-order valence-corrected chi connectivity index (χ4v) is 2.07. The Balaban J connectivity index is 1.97. The molecule has 1 aromatic heterocycles. The summed E-state index contributed by atoms with van der Waals surface area (Å²) in [6, 6.07) is 7.18. The minimum Gasteiger partial charge on any atom is -0.447 e. The van der Waals surface area contributed by atoms with Crippen LogP contribution in [0.4, 0.5) is 14.9 Å². The molecule has 102 valence electrons. The van der Waals surface area contributed by atoms with E-state index in [2.05, 4.69) is 0 Å². The molecular formula is C14H11FN2O3. The van der Waals surface area contributed by atoms with Gasteiger partial charge in [-0.1, -0.05) is 0 Å². The van der Waals surface area contributed by atoms with Gasteiger partial charge in [0.25, 0.3) is 0 Å². The van der Waals surface area contributed by atoms with Crippen LogP contribution in [-0.4, -0.2) is 23.8 Å². The van der Waals surface area contributed by atoms with Gasteiger partial charge >= 0.3 is 6.09 Å². The molecule has 0 aliphatic carbocycles. The summed E-state index contributed by atoms with van der Waals surface area (Å²) in [6.07, 6.45) is 2.51. The Hall–Kier alpha value is -2.63. The van der Waals surface area contributed by atoms with Crippen molar-refractivity contribution in [3.8, 4) is 5.69 Å². The van der Waals surface area contributed by atoms with Crippen molar-refractivity contribution in [2.24, 2.45) is 0 Å². The van der Waals surface area contributed by atoms with Gasteiger partial charge in [-0.25, -0.2) is 9.18 Å². The van der Waals surface area contributed by atoms with Crippen LogP contribution in [0.3, 0.4) is 0 Å². The standard InChI is InChI=1S/C14H11FN2O3/c15-12-9-10(17-7-8-20-14(17)19)1-2-13(12)16-5-3-11(18)4-6-16/h1-6,9H,7-8H2. The third-order valence-electron chi connectivity index (χ3n) is 3.08. The number of hydrogen-bond donors (Lipinski definition) is 0. The maximum atomic E-state index is 14.1. The summed E-state index contributed by atoms with van der Waals surface area (Å²) in [6.45, 7) is 0.720. The molecule has 1 amide bonds. The molecule has 5 nitrogen and oxygen atoms in total. The fraction of sp³-hybridized carbons (Fsp3) is 0.143. The molecule has 0 radical (unpaired) electrons. The molecule has 2 aromatic rings. The summed E-state index contributed by atoms with van der Waals surface area (Å²) >= 11 is 0. The van der Waals surface area contributed by atoms with E-state index in [-0.39, 0.29) is 5.43 Å². The molecule has 6 heteroatoms. The second-order valence-electron chi connectivity index (χ2n) is 4.34. The molecule has 0 unspecified atom stereocenters. The topological polar surface area (TPSA) is 51.5 Å². The molecule has 0 N–H and O–H groups in total. The maximum Gasteiger partial charge on any atom is 0.414 e. The largest absolute Gasteiger partial charge is 0.447 e. The summed E-state index contributed by atoms with van der Waals surface area (Å²) in [4.78, 5) is 23.8. The number of cyclic esters (lactones) is 1. The number of amides is 1. The Labute approximate surface area is 113 Å². The van der Waals surface area contributed by atoms with Crippen LogP contribution in [0.1, 0.15) is 0 Å². The number of aromatic nitrogens is 1. The fourth-order valence-electron chi connectivity index (χ4n) is 2.07. The molecule has 0 spiro atoms. The third kappa shape index (κ3) is 2.16. The van der Waals surface area contributed by atoms with Crippen molar-refractivity contribution in [2.75, 3.05) is 18.1 Å². The van der Waals surface area contributed by atoms with Crippen molar-refractivity contribution in [3.05, 3.63) is 58.8 Å². The lowest BCUT2D eigenvalue weighted by Crippen LogP contribution is -2.23. The van der Waals surface area contributed by atoms with Crippen LogP contribution in [0.2, 0.25) is 0 Å². The lowest BCUT2D eigenvalue weighted by atomic mass is 10.2. The zero-order valence-electron chi connectivity index (χ0n) is 10.5. The highest BCUT2D eigenvalue weighted by Gasteiger charge is 2.24. The Bertz CT molecular complexity index is 706. The predicted octanol–water partition coefficient (Wildman–Crippen LogP) is 1.93. The quantitative estimate of drug-likeness (QED) is 0.840. The molecule has 0 saturated carbocycles. The average molecular weight is 274 g/mol. The number of pyridine rings is 1. The Morgan fingerprint density at radius 2 is 1.85 bits per heavy atom. The van der Waals surface area contributed by atoms with Crippen LogP contribution in [0.25, 0.3) is 5.69 Å². The number of anilines is 1. The van der Waals surface area contributed by atoms with Gasteiger partial charge in [-0.05, 0) is 18.2 Å². The minimum atomic E-state index is -0.481. The van der Waals surface area contributed by atoms with Crippen molar-refractivity contribution in [2.45, 2.75) is 0 Å². The van der Waals surface area contributed by atoms with E-state index in [0.29, 0.717) is 24.5 Å². The summed E-state index contributed by atoms with van der Waals surface area (Å²) in [5, 5.41) is 0. The van der Waals surface area contributed by atoms with Gasteiger partial charge in [-0.3, -0.25) is 9.69 Å². The van der Waals surface area contributed by atoms with Crippen LogP contribution in [-0.2, 0) is 4.74 Å². The van der Waals surface area contributed by atoms with Gasteiger partial charge in [0.15, 0.2) is 5.43 Å². The number of nitrogens with zero attached hydrogens (tertiary/aromatic N) is 2. The zero-order chi connectivity index (χ0) is 14.1. The third-order valence-corrected chi connectivity index (χ3v) is 3.08. The van der Waals surface area contributed by atoms with Gasteiger partial charge in [0.2, 0.25) is 0 Å². The van der Waals surface area contributed by atoms with Crippen LogP contribution in [0.15, 0.2) is 47.5 Å². The van der Waals surface area contributed by atoms with E-state index in [1.165, 1.54) is 40.1 Å². The van der Waals surface area contributed by atoms with Crippen LogP contribution >= 0.6 is 0 Å². The van der Waals surface area contributed by atoms with E-state index in [1.807, 2.05) is 0 Å². The highest BCUT2D eigenvalue weighted by atomic mass is 19.1. The van der Waals surface area contributed by atoms with E-state index in [0.717, 1.165) is 0 Å². The molecule has 1 aromatic carbocycles. The number of ether oxygens (including phenoxy) is 1. The molecule has 3 rings (SSSR count). The average Bonchev–Trinajstić information content (AvgIpc) is 2.86. The number of carbonyl (C=O) groups is 1. The first-order valence-electron chi connectivity index (χ1n) is 6.08. The van der Waals surface area contributed by atoms with Gasteiger partial charge in [0.05, 0.1) is 17.9 Å².